The van der Waals surface area contributed by atoms with E-state index in [0.717, 1.165) is 4.90 Å². The lowest BCUT2D eigenvalue weighted by molar-refractivity contribution is 0.0553. The van der Waals surface area contributed by atoms with E-state index in [2.05, 4.69) is 0 Å². The van der Waals surface area contributed by atoms with Crippen LogP contribution in [0.5, 0.6) is 0 Å². The molecule has 0 radical (unpaired) electrons. The van der Waals surface area contributed by atoms with Gasteiger partial charge in [0.05, 0.1) is 25.3 Å². The zero-order valence-corrected chi connectivity index (χ0v) is 16.7. The smallest absolute Gasteiger partial charge is 0.339 e. The number of ether oxygens (including phenoxy) is 2. The Balaban J connectivity index is 2.21. The molecule has 6 heteroatoms. The lowest BCUT2D eigenvalue weighted by atomic mass is 9.94. The molecule has 3 aromatic rings. The fourth-order valence-corrected chi connectivity index (χ4v) is 3.74. The maximum absolute atomic E-state index is 13.2. The summed E-state index contributed by atoms with van der Waals surface area (Å²) in [6.45, 7) is 0. The molecule has 0 amide bonds. The van der Waals surface area contributed by atoms with E-state index in [-0.39, 0.29) is 22.5 Å². The van der Waals surface area contributed by atoms with E-state index in [0.29, 0.717) is 10.5 Å². The van der Waals surface area contributed by atoms with E-state index < -0.39 is 11.9 Å². The number of carbonyl (C=O) groups is 3. The zero-order valence-electron chi connectivity index (χ0n) is 15.9. The Morgan fingerprint density at radius 3 is 1.83 bits per heavy atom. The SMILES string of the molecule is COC(=O)c1cc(Sc2ccccc2)cc(C(=O)c2ccccc2)c1C(=O)OC. The molecule has 3 aromatic carbocycles. The molecule has 0 saturated heterocycles. The van der Waals surface area contributed by atoms with Crippen LogP contribution in [0, 0.1) is 0 Å². The summed E-state index contributed by atoms with van der Waals surface area (Å²) in [6, 6.07) is 21.2. The van der Waals surface area contributed by atoms with Crippen LogP contribution < -0.4 is 0 Å². The first-order valence-electron chi connectivity index (χ1n) is 8.72. The van der Waals surface area contributed by atoms with Gasteiger partial charge in [-0.25, -0.2) is 9.59 Å². The van der Waals surface area contributed by atoms with Crippen LogP contribution in [0.25, 0.3) is 0 Å². The standard InChI is InChI=1S/C23H18O5S/c1-27-22(25)19-14-17(29-16-11-7-4-8-12-16)13-18(20(19)23(26)28-2)21(24)15-9-5-3-6-10-15/h3-14H,1-2H3. The number of methoxy groups -OCH3 is 2. The highest BCUT2D eigenvalue weighted by Gasteiger charge is 2.27. The maximum Gasteiger partial charge on any atom is 0.339 e. The number of carbonyl (C=O) groups excluding carboxylic acids is 3. The van der Waals surface area contributed by atoms with E-state index in [9.17, 15) is 14.4 Å². The summed E-state index contributed by atoms with van der Waals surface area (Å²) < 4.78 is 9.70. The third kappa shape index (κ3) is 4.55. The summed E-state index contributed by atoms with van der Waals surface area (Å²) in [5.41, 5.74) is 0.366. The molecular weight excluding hydrogens is 388 g/mol. The highest BCUT2D eigenvalue weighted by Crippen LogP contribution is 2.32. The molecule has 0 spiro atoms. The number of rotatable bonds is 6. The van der Waals surface area contributed by atoms with Gasteiger partial charge in [0.15, 0.2) is 5.78 Å². The molecule has 0 aromatic heterocycles. The number of benzene rings is 3. The van der Waals surface area contributed by atoms with Crippen LogP contribution in [0.15, 0.2) is 82.6 Å². The molecule has 0 aliphatic rings. The van der Waals surface area contributed by atoms with Crippen molar-refractivity contribution in [3.63, 3.8) is 0 Å². The van der Waals surface area contributed by atoms with Gasteiger partial charge in [0, 0.05) is 20.9 Å². The molecule has 5 nitrogen and oxygen atoms in total. The van der Waals surface area contributed by atoms with Crippen molar-refractivity contribution in [3.05, 3.63) is 95.1 Å². The van der Waals surface area contributed by atoms with Gasteiger partial charge in [0.2, 0.25) is 0 Å². The molecule has 146 valence electrons. The van der Waals surface area contributed by atoms with E-state index in [4.69, 9.17) is 9.47 Å². The third-order valence-electron chi connectivity index (χ3n) is 4.17. The van der Waals surface area contributed by atoms with E-state index in [1.807, 2.05) is 30.3 Å². The Kier molecular flexibility index (Phi) is 6.46. The van der Waals surface area contributed by atoms with Gasteiger partial charge in [-0.3, -0.25) is 4.79 Å². The summed E-state index contributed by atoms with van der Waals surface area (Å²) in [5.74, 6) is -1.88. The van der Waals surface area contributed by atoms with Crippen molar-refractivity contribution in [1.29, 1.82) is 0 Å². The number of hydrogen-bond acceptors (Lipinski definition) is 6. The first-order chi connectivity index (χ1) is 14.0. The summed E-state index contributed by atoms with van der Waals surface area (Å²) >= 11 is 1.37. The second-order valence-corrected chi connectivity index (χ2v) is 7.13. The Hall–Kier alpha value is -3.38. The molecule has 0 atom stereocenters. The molecule has 0 N–H and O–H groups in total. The van der Waals surface area contributed by atoms with E-state index in [1.165, 1.54) is 32.0 Å². The first-order valence-corrected chi connectivity index (χ1v) is 9.54. The lowest BCUT2D eigenvalue weighted by Gasteiger charge is -2.14. The molecule has 0 fully saturated rings. The molecule has 0 unspecified atom stereocenters. The van der Waals surface area contributed by atoms with Crippen LogP contribution in [-0.2, 0) is 9.47 Å². The predicted molar refractivity (Wildman–Crippen MR) is 110 cm³/mol. The summed E-state index contributed by atoms with van der Waals surface area (Å²) in [6.07, 6.45) is 0. The summed E-state index contributed by atoms with van der Waals surface area (Å²) in [5, 5.41) is 0. The quantitative estimate of drug-likeness (QED) is 0.439. The van der Waals surface area contributed by atoms with Crippen LogP contribution in [-0.4, -0.2) is 31.9 Å². The topological polar surface area (TPSA) is 69.7 Å². The van der Waals surface area contributed by atoms with Crippen LogP contribution in [0.3, 0.4) is 0 Å². The van der Waals surface area contributed by atoms with Crippen molar-refractivity contribution in [2.24, 2.45) is 0 Å². The second kappa shape index (κ2) is 9.21. The Bertz CT molecular complexity index is 1050. The highest BCUT2D eigenvalue weighted by atomic mass is 32.2. The van der Waals surface area contributed by atoms with Gasteiger partial charge in [-0.15, -0.1) is 0 Å². The van der Waals surface area contributed by atoms with Crippen LogP contribution in [0.1, 0.15) is 36.6 Å². The van der Waals surface area contributed by atoms with Gasteiger partial charge >= 0.3 is 11.9 Å². The van der Waals surface area contributed by atoms with Crippen LogP contribution >= 0.6 is 11.8 Å². The van der Waals surface area contributed by atoms with Crippen molar-refractivity contribution in [3.8, 4) is 0 Å². The fraction of sp³-hybridized carbons (Fsp3) is 0.0870. The fourth-order valence-electron chi connectivity index (χ4n) is 2.82. The molecular formula is C23H18O5S. The van der Waals surface area contributed by atoms with Gasteiger partial charge in [0.25, 0.3) is 0 Å². The minimum atomic E-state index is -0.777. The highest BCUT2D eigenvalue weighted by molar-refractivity contribution is 7.99. The molecule has 0 aliphatic heterocycles. The molecule has 29 heavy (non-hydrogen) atoms. The van der Waals surface area contributed by atoms with Crippen molar-refractivity contribution in [2.45, 2.75) is 9.79 Å². The molecule has 0 aliphatic carbocycles. The minimum Gasteiger partial charge on any atom is -0.465 e. The largest absolute Gasteiger partial charge is 0.465 e. The van der Waals surface area contributed by atoms with Crippen LogP contribution in [0.2, 0.25) is 0 Å². The summed E-state index contributed by atoms with van der Waals surface area (Å²) in [4.78, 5) is 39.6. The van der Waals surface area contributed by atoms with Crippen LogP contribution in [0.4, 0.5) is 0 Å². The van der Waals surface area contributed by atoms with Crippen molar-refractivity contribution in [2.75, 3.05) is 14.2 Å². The van der Waals surface area contributed by atoms with Gasteiger partial charge in [-0.1, -0.05) is 60.3 Å². The zero-order chi connectivity index (χ0) is 20.8. The predicted octanol–water partition coefficient (Wildman–Crippen LogP) is 4.64. The average Bonchev–Trinajstić information content (AvgIpc) is 2.78. The van der Waals surface area contributed by atoms with Gasteiger partial charge < -0.3 is 9.47 Å². The van der Waals surface area contributed by atoms with Gasteiger partial charge in [0.1, 0.15) is 0 Å². The van der Waals surface area contributed by atoms with Crippen molar-refractivity contribution in [1.82, 2.24) is 0 Å². The second-order valence-electron chi connectivity index (χ2n) is 5.99. The maximum atomic E-state index is 13.2. The monoisotopic (exact) mass is 406 g/mol. The van der Waals surface area contributed by atoms with E-state index >= 15 is 0 Å². The van der Waals surface area contributed by atoms with E-state index in [1.54, 1.807) is 36.4 Å². The number of hydrogen-bond donors (Lipinski definition) is 0. The van der Waals surface area contributed by atoms with Crippen molar-refractivity contribution >= 4 is 29.5 Å². The molecule has 0 bridgehead atoms. The summed E-state index contributed by atoms with van der Waals surface area (Å²) in [7, 11) is 2.42. The Labute approximate surface area is 172 Å². The average molecular weight is 406 g/mol. The van der Waals surface area contributed by atoms with Gasteiger partial charge in [-0.2, -0.15) is 0 Å². The number of esters is 2. The normalized spacial score (nSPS) is 10.3. The first kappa shape index (κ1) is 20.4. The Morgan fingerprint density at radius 2 is 1.24 bits per heavy atom. The van der Waals surface area contributed by atoms with Gasteiger partial charge in [-0.05, 0) is 24.3 Å². The Morgan fingerprint density at radius 1 is 0.690 bits per heavy atom. The lowest BCUT2D eigenvalue weighted by Crippen LogP contribution is -2.18. The molecule has 0 heterocycles. The minimum absolute atomic E-state index is 0.0143. The molecule has 0 saturated carbocycles. The third-order valence-corrected chi connectivity index (χ3v) is 5.15. The number of ketones is 1. The van der Waals surface area contributed by atoms with Crippen molar-refractivity contribution < 1.29 is 23.9 Å². The molecule has 3 rings (SSSR count).